The van der Waals surface area contributed by atoms with Crippen LogP contribution >= 0.6 is 0 Å². The topological polar surface area (TPSA) is 75.6 Å². The SMILES string of the molecule is CC(=O)O.CCOC(=O)CNC. The van der Waals surface area contributed by atoms with Crippen LogP contribution in [0.2, 0.25) is 0 Å². The summed E-state index contributed by atoms with van der Waals surface area (Å²) >= 11 is 0. The van der Waals surface area contributed by atoms with Crippen LogP contribution in [-0.2, 0) is 14.3 Å². The summed E-state index contributed by atoms with van der Waals surface area (Å²) in [7, 11) is 1.71. The first-order valence-electron chi connectivity index (χ1n) is 3.54. The van der Waals surface area contributed by atoms with Gasteiger partial charge in [0.15, 0.2) is 0 Å². The lowest BCUT2D eigenvalue weighted by Crippen LogP contribution is -2.20. The number of carboxylic acids is 1. The molecule has 0 aliphatic rings. The number of carboxylic acid groups (broad SMARTS) is 1. The van der Waals surface area contributed by atoms with Gasteiger partial charge < -0.3 is 15.2 Å². The molecule has 0 saturated heterocycles. The molecule has 72 valence electrons. The van der Waals surface area contributed by atoms with E-state index in [1.807, 2.05) is 0 Å². The van der Waals surface area contributed by atoms with Gasteiger partial charge >= 0.3 is 5.97 Å². The lowest BCUT2D eigenvalue weighted by atomic mass is 10.6. The van der Waals surface area contributed by atoms with E-state index in [1.54, 1.807) is 14.0 Å². The maximum Gasteiger partial charge on any atom is 0.319 e. The van der Waals surface area contributed by atoms with E-state index >= 15 is 0 Å². The number of aliphatic carboxylic acids is 1. The van der Waals surface area contributed by atoms with Crippen molar-refractivity contribution in [2.24, 2.45) is 0 Å². The first-order valence-corrected chi connectivity index (χ1v) is 3.54. The smallest absolute Gasteiger partial charge is 0.319 e. The Bertz CT molecular complexity index is 123. The highest BCUT2D eigenvalue weighted by atomic mass is 16.5. The van der Waals surface area contributed by atoms with Crippen LogP contribution in [0.15, 0.2) is 0 Å². The van der Waals surface area contributed by atoms with Gasteiger partial charge in [0.25, 0.3) is 5.97 Å². The highest BCUT2D eigenvalue weighted by Crippen LogP contribution is 1.72. The molecule has 0 saturated carbocycles. The zero-order chi connectivity index (χ0) is 9.98. The molecule has 0 rings (SSSR count). The fourth-order valence-corrected chi connectivity index (χ4v) is 0.356. The minimum Gasteiger partial charge on any atom is -0.481 e. The van der Waals surface area contributed by atoms with E-state index in [0.717, 1.165) is 6.92 Å². The highest BCUT2D eigenvalue weighted by Gasteiger charge is 1.94. The van der Waals surface area contributed by atoms with E-state index < -0.39 is 5.97 Å². The van der Waals surface area contributed by atoms with Crippen LogP contribution in [0.1, 0.15) is 13.8 Å². The average molecular weight is 177 g/mol. The largest absolute Gasteiger partial charge is 0.481 e. The fourth-order valence-electron chi connectivity index (χ4n) is 0.356. The maximum atomic E-state index is 10.4. The summed E-state index contributed by atoms with van der Waals surface area (Å²) in [5, 5.41) is 10.1. The number of nitrogens with one attached hydrogen (secondary N) is 1. The van der Waals surface area contributed by atoms with Gasteiger partial charge in [-0.25, -0.2) is 0 Å². The van der Waals surface area contributed by atoms with Gasteiger partial charge in [-0.2, -0.15) is 0 Å². The van der Waals surface area contributed by atoms with Crippen LogP contribution < -0.4 is 5.32 Å². The maximum absolute atomic E-state index is 10.4. The molecule has 0 aromatic rings. The predicted molar refractivity (Wildman–Crippen MR) is 43.9 cm³/mol. The van der Waals surface area contributed by atoms with Crippen molar-refractivity contribution in [1.29, 1.82) is 0 Å². The number of hydrogen-bond donors (Lipinski definition) is 2. The normalized spacial score (nSPS) is 7.92. The Labute approximate surface area is 71.7 Å². The summed E-state index contributed by atoms with van der Waals surface area (Å²) < 4.78 is 4.58. The van der Waals surface area contributed by atoms with Crippen molar-refractivity contribution >= 4 is 11.9 Å². The molecule has 12 heavy (non-hydrogen) atoms. The Morgan fingerprint density at radius 2 is 1.92 bits per heavy atom. The Morgan fingerprint density at radius 1 is 1.50 bits per heavy atom. The summed E-state index contributed by atoms with van der Waals surface area (Å²) in [5.74, 6) is -1.03. The summed E-state index contributed by atoms with van der Waals surface area (Å²) in [6.07, 6.45) is 0. The molecular formula is C7H15NO4. The number of ether oxygens (including phenoxy) is 1. The number of hydrogen-bond acceptors (Lipinski definition) is 4. The Morgan fingerprint density at radius 3 is 2.17 bits per heavy atom. The highest BCUT2D eigenvalue weighted by molar-refractivity contribution is 5.71. The quantitative estimate of drug-likeness (QED) is 0.587. The van der Waals surface area contributed by atoms with Gasteiger partial charge in [-0.1, -0.05) is 0 Å². The minimum atomic E-state index is -0.833. The third-order valence-corrected chi connectivity index (χ3v) is 0.626. The molecule has 5 heteroatoms. The van der Waals surface area contributed by atoms with Gasteiger partial charge in [0, 0.05) is 6.92 Å². The van der Waals surface area contributed by atoms with Gasteiger partial charge in [0.05, 0.1) is 13.2 Å². The van der Waals surface area contributed by atoms with Crippen molar-refractivity contribution in [3.63, 3.8) is 0 Å². The van der Waals surface area contributed by atoms with E-state index in [1.165, 1.54) is 0 Å². The zero-order valence-corrected chi connectivity index (χ0v) is 7.59. The number of likely N-dealkylation sites (N-methyl/N-ethyl adjacent to an activating group) is 1. The van der Waals surface area contributed by atoms with Crippen molar-refractivity contribution in [3.8, 4) is 0 Å². The summed E-state index contributed by atoms with van der Waals surface area (Å²) in [6, 6.07) is 0. The van der Waals surface area contributed by atoms with Crippen LogP contribution in [0, 0.1) is 0 Å². The van der Waals surface area contributed by atoms with Gasteiger partial charge in [-0.05, 0) is 14.0 Å². The summed E-state index contributed by atoms with van der Waals surface area (Å²) in [4.78, 5) is 19.4. The van der Waals surface area contributed by atoms with Crippen molar-refractivity contribution in [3.05, 3.63) is 0 Å². The van der Waals surface area contributed by atoms with Gasteiger partial charge in [-0.3, -0.25) is 9.59 Å². The Kier molecular flexibility index (Phi) is 11.1. The standard InChI is InChI=1S/C5H11NO2.C2H4O2/c1-3-8-5(7)4-6-2;1-2(3)4/h6H,3-4H2,1-2H3;1H3,(H,3,4). The molecule has 0 aromatic heterocycles. The summed E-state index contributed by atoms with van der Waals surface area (Å²) in [5.41, 5.74) is 0. The van der Waals surface area contributed by atoms with E-state index in [4.69, 9.17) is 9.90 Å². The van der Waals surface area contributed by atoms with E-state index in [-0.39, 0.29) is 5.97 Å². The van der Waals surface area contributed by atoms with Crippen molar-refractivity contribution in [2.45, 2.75) is 13.8 Å². The van der Waals surface area contributed by atoms with Gasteiger partial charge in [0.1, 0.15) is 0 Å². The second-order valence-electron chi connectivity index (χ2n) is 1.85. The van der Waals surface area contributed by atoms with E-state index in [0.29, 0.717) is 13.2 Å². The predicted octanol–water partition coefficient (Wildman–Crippen LogP) is -0.140. The zero-order valence-electron chi connectivity index (χ0n) is 7.59. The number of rotatable bonds is 3. The first-order chi connectivity index (χ1) is 5.54. The molecule has 0 aliphatic heterocycles. The molecule has 5 nitrogen and oxygen atoms in total. The molecule has 0 fully saturated rings. The van der Waals surface area contributed by atoms with Gasteiger partial charge in [-0.15, -0.1) is 0 Å². The molecule has 0 amide bonds. The second kappa shape index (κ2) is 9.90. The first kappa shape index (κ1) is 13.5. The third kappa shape index (κ3) is 23.1. The lowest BCUT2D eigenvalue weighted by Gasteiger charge is -1.97. The monoisotopic (exact) mass is 177 g/mol. The Balaban J connectivity index is 0. The van der Waals surface area contributed by atoms with E-state index in [9.17, 15) is 4.79 Å². The third-order valence-electron chi connectivity index (χ3n) is 0.626. The summed E-state index contributed by atoms with van der Waals surface area (Å²) in [6.45, 7) is 3.63. The van der Waals surface area contributed by atoms with Crippen LogP contribution in [-0.4, -0.2) is 37.2 Å². The molecule has 0 atom stereocenters. The number of esters is 1. The van der Waals surface area contributed by atoms with Crippen LogP contribution in [0.5, 0.6) is 0 Å². The minimum absolute atomic E-state index is 0.199. The molecule has 0 aliphatic carbocycles. The van der Waals surface area contributed by atoms with E-state index in [2.05, 4.69) is 10.1 Å². The fraction of sp³-hybridized carbons (Fsp3) is 0.714. The molecule has 0 heterocycles. The molecule has 0 unspecified atom stereocenters. The Hall–Kier alpha value is -1.10. The van der Waals surface area contributed by atoms with Crippen LogP contribution in [0.25, 0.3) is 0 Å². The van der Waals surface area contributed by atoms with Crippen LogP contribution in [0.3, 0.4) is 0 Å². The lowest BCUT2D eigenvalue weighted by molar-refractivity contribution is -0.142. The molecular weight excluding hydrogens is 162 g/mol. The molecule has 0 bridgehead atoms. The molecule has 2 N–H and O–H groups in total. The van der Waals surface area contributed by atoms with Crippen molar-refractivity contribution in [1.82, 2.24) is 5.32 Å². The van der Waals surface area contributed by atoms with Crippen molar-refractivity contribution < 1.29 is 19.4 Å². The second-order valence-corrected chi connectivity index (χ2v) is 1.85. The average Bonchev–Trinajstić information content (AvgIpc) is 1.87. The van der Waals surface area contributed by atoms with Gasteiger partial charge in [0.2, 0.25) is 0 Å². The number of carbonyl (C=O) groups is 2. The van der Waals surface area contributed by atoms with Crippen molar-refractivity contribution in [2.75, 3.05) is 20.2 Å². The molecule has 0 spiro atoms. The molecule has 0 radical (unpaired) electrons. The number of carbonyl (C=O) groups excluding carboxylic acids is 1. The molecule has 0 aromatic carbocycles. The van der Waals surface area contributed by atoms with Crippen LogP contribution in [0.4, 0.5) is 0 Å².